The van der Waals surface area contributed by atoms with Crippen molar-refractivity contribution in [1.29, 1.82) is 0 Å². The lowest BCUT2D eigenvalue weighted by Gasteiger charge is -2.18. The normalized spacial score (nSPS) is 14.7. The molecule has 3 nitrogen and oxygen atoms in total. The first-order valence-electron chi connectivity index (χ1n) is 4.50. The van der Waals surface area contributed by atoms with Crippen LogP contribution in [0.15, 0.2) is 0 Å². The van der Waals surface area contributed by atoms with Crippen LogP contribution in [-0.2, 0) is 4.79 Å². The molecule has 2 N–H and O–H groups in total. The highest BCUT2D eigenvalue weighted by atomic mass is 19.4. The molecular formula is C8H12F5NO2. The fraction of sp³-hybridized carbons (Fsp3) is 0.875. The summed E-state index contributed by atoms with van der Waals surface area (Å²) >= 11 is 0. The molecular weight excluding hydrogens is 237 g/mol. The number of hydrogen-bond donors (Lipinski definition) is 2. The molecule has 0 saturated heterocycles. The third-order valence-electron chi connectivity index (χ3n) is 1.73. The molecule has 0 radical (unpaired) electrons. The summed E-state index contributed by atoms with van der Waals surface area (Å²) in [7, 11) is 0. The molecule has 0 fully saturated rings. The van der Waals surface area contributed by atoms with Crippen molar-refractivity contribution in [2.24, 2.45) is 0 Å². The van der Waals surface area contributed by atoms with Crippen LogP contribution in [0, 0.1) is 0 Å². The van der Waals surface area contributed by atoms with Crippen LogP contribution >= 0.6 is 0 Å². The van der Waals surface area contributed by atoms with Crippen LogP contribution in [0.1, 0.15) is 19.8 Å². The van der Waals surface area contributed by atoms with Gasteiger partial charge < -0.3 is 10.4 Å². The third-order valence-corrected chi connectivity index (χ3v) is 1.73. The van der Waals surface area contributed by atoms with Crippen LogP contribution in [0.25, 0.3) is 0 Å². The lowest BCUT2D eigenvalue weighted by Crippen LogP contribution is -2.50. The molecule has 1 atom stereocenters. The Morgan fingerprint density at radius 3 is 2.19 bits per heavy atom. The lowest BCUT2D eigenvalue weighted by atomic mass is 10.2. The standard InChI is InChI=1S/C8H12F5NO2/c1-5(15)3-2-4-14-6(16)7(9,10)8(11,12)13/h5,15H,2-4H2,1H3,(H,14,16). The summed E-state index contributed by atoms with van der Waals surface area (Å²) < 4.78 is 59.7. The van der Waals surface area contributed by atoms with Gasteiger partial charge in [-0.05, 0) is 19.8 Å². The van der Waals surface area contributed by atoms with Gasteiger partial charge in [0.1, 0.15) is 0 Å². The Morgan fingerprint density at radius 2 is 1.81 bits per heavy atom. The highest BCUT2D eigenvalue weighted by Crippen LogP contribution is 2.35. The van der Waals surface area contributed by atoms with Gasteiger partial charge in [0.05, 0.1) is 6.10 Å². The van der Waals surface area contributed by atoms with E-state index in [1.54, 1.807) is 0 Å². The molecule has 0 aromatic carbocycles. The van der Waals surface area contributed by atoms with E-state index in [0.717, 1.165) is 0 Å². The van der Waals surface area contributed by atoms with Crippen molar-refractivity contribution < 1.29 is 31.9 Å². The minimum Gasteiger partial charge on any atom is -0.393 e. The number of amides is 1. The Kier molecular flexibility index (Phi) is 5.11. The maximum absolute atomic E-state index is 12.3. The van der Waals surface area contributed by atoms with Gasteiger partial charge in [-0.15, -0.1) is 0 Å². The number of alkyl halides is 5. The van der Waals surface area contributed by atoms with Crippen molar-refractivity contribution >= 4 is 5.91 Å². The fourth-order valence-electron chi connectivity index (χ4n) is 0.839. The minimum atomic E-state index is -5.89. The van der Waals surface area contributed by atoms with Crippen molar-refractivity contribution in [2.75, 3.05) is 6.54 Å². The average Bonchev–Trinajstić information content (AvgIpc) is 2.09. The lowest BCUT2D eigenvalue weighted by molar-refractivity contribution is -0.269. The predicted octanol–water partition coefficient (Wildman–Crippen LogP) is 1.46. The van der Waals surface area contributed by atoms with E-state index < -0.39 is 24.1 Å². The first kappa shape index (κ1) is 15.1. The van der Waals surface area contributed by atoms with E-state index in [1.165, 1.54) is 12.2 Å². The molecule has 0 rings (SSSR count). The molecule has 0 bridgehead atoms. The minimum absolute atomic E-state index is 0.122. The number of nitrogens with one attached hydrogen (secondary N) is 1. The van der Waals surface area contributed by atoms with Gasteiger partial charge in [0.2, 0.25) is 0 Å². The molecule has 0 spiro atoms. The fourth-order valence-corrected chi connectivity index (χ4v) is 0.839. The van der Waals surface area contributed by atoms with Crippen LogP contribution in [0.4, 0.5) is 22.0 Å². The Balaban J connectivity index is 4.07. The van der Waals surface area contributed by atoms with E-state index in [1.807, 2.05) is 0 Å². The molecule has 0 aliphatic heterocycles. The van der Waals surface area contributed by atoms with E-state index >= 15 is 0 Å². The van der Waals surface area contributed by atoms with Crippen molar-refractivity contribution in [3.8, 4) is 0 Å². The molecule has 96 valence electrons. The number of carbonyl (C=O) groups is 1. The average molecular weight is 249 g/mol. The quantitative estimate of drug-likeness (QED) is 0.572. The van der Waals surface area contributed by atoms with Gasteiger partial charge >= 0.3 is 12.1 Å². The molecule has 0 heterocycles. The topological polar surface area (TPSA) is 49.3 Å². The zero-order valence-electron chi connectivity index (χ0n) is 8.44. The van der Waals surface area contributed by atoms with Gasteiger partial charge in [-0.1, -0.05) is 0 Å². The van der Waals surface area contributed by atoms with Crippen LogP contribution in [-0.4, -0.2) is 35.8 Å². The summed E-state index contributed by atoms with van der Waals surface area (Å²) in [5, 5.41) is 10.2. The summed E-state index contributed by atoms with van der Waals surface area (Å²) in [5.41, 5.74) is 0. The number of carbonyl (C=O) groups excluding carboxylic acids is 1. The zero-order chi connectivity index (χ0) is 13.0. The first-order valence-corrected chi connectivity index (χ1v) is 4.50. The van der Waals surface area contributed by atoms with Crippen molar-refractivity contribution in [2.45, 2.75) is 38.0 Å². The molecule has 0 aromatic rings. The highest BCUT2D eigenvalue weighted by Gasteiger charge is 2.63. The summed E-state index contributed by atoms with van der Waals surface area (Å²) in [6, 6.07) is 0. The van der Waals surface area contributed by atoms with E-state index in [4.69, 9.17) is 5.11 Å². The van der Waals surface area contributed by atoms with Crippen molar-refractivity contribution in [3.05, 3.63) is 0 Å². The van der Waals surface area contributed by atoms with Crippen LogP contribution in [0.5, 0.6) is 0 Å². The van der Waals surface area contributed by atoms with Gasteiger partial charge in [-0.2, -0.15) is 22.0 Å². The summed E-state index contributed by atoms with van der Waals surface area (Å²) in [6.07, 6.45) is -6.25. The Bertz CT molecular complexity index is 239. The summed E-state index contributed by atoms with van der Waals surface area (Å²) in [5.74, 6) is -7.75. The second kappa shape index (κ2) is 5.42. The number of aliphatic hydroxyl groups excluding tert-OH is 1. The van der Waals surface area contributed by atoms with E-state index in [2.05, 4.69) is 0 Å². The molecule has 8 heteroatoms. The van der Waals surface area contributed by atoms with Crippen LogP contribution in [0.3, 0.4) is 0 Å². The molecule has 1 unspecified atom stereocenters. The van der Waals surface area contributed by atoms with E-state index in [9.17, 15) is 26.7 Å². The summed E-state index contributed by atoms with van der Waals surface area (Å²) in [6.45, 7) is 1.10. The third kappa shape index (κ3) is 4.30. The van der Waals surface area contributed by atoms with E-state index in [-0.39, 0.29) is 19.4 Å². The van der Waals surface area contributed by atoms with E-state index in [0.29, 0.717) is 0 Å². The maximum Gasteiger partial charge on any atom is 0.463 e. The smallest absolute Gasteiger partial charge is 0.393 e. The predicted molar refractivity (Wildman–Crippen MR) is 44.9 cm³/mol. The molecule has 1 amide bonds. The zero-order valence-corrected chi connectivity index (χ0v) is 8.44. The molecule has 0 aliphatic carbocycles. The molecule has 0 aliphatic rings. The van der Waals surface area contributed by atoms with Gasteiger partial charge in [0.25, 0.3) is 5.91 Å². The largest absolute Gasteiger partial charge is 0.463 e. The van der Waals surface area contributed by atoms with Crippen molar-refractivity contribution in [3.63, 3.8) is 0 Å². The van der Waals surface area contributed by atoms with Gasteiger partial charge in [-0.25, -0.2) is 0 Å². The second-order valence-corrected chi connectivity index (χ2v) is 3.32. The Hall–Kier alpha value is -0.920. The number of halogens is 5. The van der Waals surface area contributed by atoms with Gasteiger partial charge in [0.15, 0.2) is 0 Å². The number of aliphatic hydroxyl groups is 1. The monoisotopic (exact) mass is 249 g/mol. The number of rotatable bonds is 5. The van der Waals surface area contributed by atoms with Gasteiger partial charge in [-0.3, -0.25) is 4.79 Å². The van der Waals surface area contributed by atoms with Crippen LogP contribution in [0.2, 0.25) is 0 Å². The molecule has 0 aromatic heterocycles. The first-order chi connectivity index (χ1) is 7.09. The highest BCUT2D eigenvalue weighted by molar-refractivity contribution is 5.84. The Labute approximate surface area is 88.6 Å². The summed E-state index contributed by atoms with van der Waals surface area (Å²) in [4.78, 5) is 10.5. The second-order valence-electron chi connectivity index (χ2n) is 3.32. The van der Waals surface area contributed by atoms with Crippen LogP contribution < -0.4 is 5.32 Å². The SMILES string of the molecule is CC(O)CCCNC(=O)C(F)(F)C(F)(F)F. The Morgan fingerprint density at radius 1 is 1.31 bits per heavy atom. The number of hydrogen-bond acceptors (Lipinski definition) is 2. The van der Waals surface area contributed by atoms with Crippen molar-refractivity contribution in [1.82, 2.24) is 5.32 Å². The molecule has 0 saturated carbocycles. The van der Waals surface area contributed by atoms with Gasteiger partial charge in [0, 0.05) is 6.54 Å². The maximum atomic E-state index is 12.3. The molecule has 16 heavy (non-hydrogen) atoms.